The largest absolute Gasteiger partial charge is 0.490 e. The van der Waals surface area contributed by atoms with Crippen LogP contribution in [0.4, 0.5) is 26.3 Å². The Morgan fingerprint density at radius 1 is 0.919 bits per heavy atom. The standard InChI is InChI=1S/C17H25N3O3.2C2HF3O2/c21-17(14-3-9-22-13-14)20-11-15-16(12-20)23-10-8-19(15)7-6-18-4-1-2-5-18;2*3-2(4,5)1(6)7/h3,9,13,15-16H,1-2,4-8,10-12H2;2*(H,6,7)/t15-,16+;;/m1../s1. The summed E-state index contributed by atoms with van der Waals surface area (Å²) in [6, 6.07) is 2.07. The van der Waals surface area contributed by atoms with Crippen LogP contribution in [0.1, 0.15) is 23.2 Å². The summed E-state index contributed by atoms with van der Waals surface area (Å²) in [5.74, 6) is -5.46. The summed E-state index contributed by atoms with van der Waals surface area (Å²) in [5.41, 5.74) is 0.632. The zero-order valence-electron chi connectivity index (χ0n) is 19.5. The molecule has 16 heteroatoms. The van der Waals surface area contributed by atoms with E-state index in [1.807, 2.05) is 4.90 Å². The number of hydrogen-bond acceptors (Lipinski definition) is 7. The minimum Gasteiger partial charge on any atom is -0.475 e. The topological polar surface area (TPSA) is 124 Å². The molecule has 0 bridgehead atoms. The summed E-state index contributed by atoms with van der Waals surface area (Å²) in [5, 5.41) is 14.2. The van der Waals surface area contributed by atoms with Crippen molar-refractivity contribution in [2.75, 3.05) is 52.4 Å². The van der Waals surface area contributed by atoms with Crippen molar-refractivity contribution < 1.29 is 60.1 Å². The first-order chi connectivity index (χ1) is 17.2. The van der Waals surface area contributed by atoms with Gasteiger partial charge in [-0.05, 0) is 32.0 Å². The number of halogens is 6. The Morgan fingerprint density at radius 3 is 1.97 bits per heavy atom. The van der Waals surface area contributed by atoms with Gasteiger partial charge < -0.3 is 29.2 Å². The molecule has 2 atom stereocenters. The molecule has 1 amide bonds. The van der Waals surface area contributed by atoms with E-state index in [1.54, 1.807) is 12.3 Å². The Kier molecular flexibility index (Phi) is 10.8. The number of carbonyl (C=O) groups excluding carboxylic acids is 1. The van der Waals surface area contributed by atoms with E-state index in [9.17, 15) is 31.1 Å². The number of amides is 1. The molecule has 37 heavy (non-hydrogen) atoms. The van der Waals surface area contributed by atoms with Gasteiger partial charge in [-0.2, -0.15) is 26.3 Å². The van der Waals surface area contributed by atoms with Gasteiger partial charge in [0.25, 0.3) is 5.91 Å². The van der Waals surface area contributed by atoms with E-state index in [-0.39, 0.29) is 12.0 Å². The van der Waals surface area contributed by atoms with Crippen LogP contribution in [0.2, 0.25) is 0 Å². The quantitative estimate of drug-likeness (QED) is 0.546. The average Bonchev–Trinajstić information content (AvgIpc) is 3.58. The maximum absolute atomic E-state index is 12.5. The van der Waals surface area contributed by atoms with Crippen molar-refractivity contribution in [3.8, 4) is 0 Å². The minimum absolute atomic E-state index is 0.0521. The fraction of sp³-hybridized carbons (Fsp3) is 0.667. The summed E-state index contributed by atoms with van der Waals surface area (Å²) in [6.07, 6.45) is -4.27. The van der Waals surface area contributed by atoms with Gasteiger partial charge in [-0.25, -0.2) is 9.59 Å². The van der Waals surface area contributed by atoms with Crippen LogP contribution < -0.4 is 0 Å². The number of nitrogens with zero attached hydrogens (tertiary/aromatic N) is 3. The molecule has 1 aromatic heterocycles. The number of furan rings is 1. The van der Waals surface area contributed by atoms with Gasteiger partial charge in [0.05, 0.1) is 30.6 Å². The van der Waals surface area contributed by atoms with Crippen molar-refractivity contribution in [1.29, 1.82) is 0 Å². The summed E-state index contributed by atoms with van der Waals surface area (Å²) >= 11 is 0. The molecule has 0 spiro atoms. The number of likely N-dealkylation sites (tertiary alicyclic amines) is 2. The Morgan fingerprint density at radius 2 is 1.49 bits per heavy atom. The van der Waals surface area contributed by atoms with Crippen LogP contribution in [0.3, 0.4) is 0 Å². The fourth-order valence-corrected chi connectivity index (χ4v) is 4.05. The molecular formula is C21H27F6N3O7. The Labute approximate surface area is 207 Å². The lowest BCUT2D eigenvalue weighted by atomic mass is 10.1. The highest BCUT2D eigenvalue weighted by Crippen LogP contribution is 2.24. The molecule has 0 radical (unpaired) electrons. The first-order valence-corrected chi connectivity index (χ1v) is 11.2. The van der Waals surface area contributed by atoms with Gasteiger partial charge in [-0.15, -0.1) is 0 Å². The van der Waals surface area contributed by atoms with E-state index < -0.39 is 24.3 Å². The lowest BCUT2D eigenvalue weighted by molar-refractivity contribution is -0.193. The van der Waals surface area contributed by atoms with Crippen LogP contribution in [0.25, 0.3) is 0 Å². The highest BCUT2D eigenvalue weighted by Gasteiger charge is 2.42. The van der Waals surface area contributed by atoms with E-state index in [2.05, 4.69) is 9.80 Å². The summed E-state index contributed by atoms with van der Waals surface area (Å²) in [6.45, 7) is 7.89. The number of rotatable bonds is 4. The van der Waals surface area contributed by atoms with Gasteiger partial charge >= 0.3 is 24.3 Å². The number of morpholine rings is 1. The maximum atomic E-state index is 12.5. The van der Waals surface area contributed by atoms with Gasteiger partial charge in [0.2, 0.25) is 0 Å². The van der Waals surface area contributed by atoms with Crippen molar-refractivity contribution in [2.45, 2.75) is 37.3 Å². The lowest BCUT2D eigenvalue weighted by Crippen LogP contribution is -2.52. The molecule has 4 rings (SSSR count). The number of hydrogen-bond donors (Lipinski definition) is 2. The first kappa shape index (κ1) is 30.4. The number of ether oxygens (including phenoxy) is 1. The SMILES string of the molecule is O=C(O)C(F)(F)F.O=C(O)C(F)(F)F.O=C(c1ccoc1)N1C[C@@H]2OCCN(CCN3CCCC3)[C@@H]2C1. The predicted octanol–water partition coefficient (Wildman–Crippen LogP) is 2.17. The van der Waals surface area contributed by atoms with Crippen molar-refractivity contribution in [3.05, 3.63) is 24.2 Å². The van der Waals surface area contributed by atoms with E-state index in [4.69, 9.17) is 29.0 Å². The van der Waals surface area contributed by atoms with E-state index in [1.165, 1.54) is 32.2 Å². The van der Waals surface area contributed by atoms with Crippen molar-refractivity contribution >= 4 is 17.8 Å². The minimum atomic E-state index is -5.08. The maximum Gasteiger partial charge on any atom is 0.490 e. The van der Waals surface area contributed by atoms with Crippen LogP contribution in [0.15, 0.2) is 23.0 Å². The molecule has 10 nitrogen and oxygen atoms in total. The molecule has 0 unspecified atom stereocenters. The second-order valence-electron chi connectivity index (χ2n) is 8.39. The highest BCUT2D eigenvalue weighted by molar-refractivity contribution is 5.94. The summed E-state index contributed by atoms with van der Waals surface area (Å²) in [7, 11) is 0. The Bertz CT molecular complexity index is 864. The average molecular weight is 547 g/mol. The zero-order chi connectivity index (χ0) is 27.8. The number of carboxylic acid groups (broad SMARTS) is 2. The van der Waals surface area contributed by atoms with Crippen LogP contribution in [0.5, 0.6) is 0 Å². The molecule has 4 heterocycles. The molecule has 0 saturated carbocycles. The van der Waals surface area contributed by atoms with Crippen molar-refractivity contribution in [2.24, 2.45) is 0 Å². The predicted molar refractivity (Wildman–Crippen MR) is 113 cm³/mol. The molecule has 210 valence electrons. The molecular weight excluding hydrogens is 520 g/mol. The van der Waals surface area contributed by atoms with Gasteiger partial charge in [-0.1, -0.05) is 0 Å². The Hall–Kier alpha value is -2.85. The molecule has 3 fully saturated rings. The van der Waals surface area contributed by atoms with Crippen LogP contribution in [0, 0.1) is 0 Å². The van der Waals surface area contributed by atoms with E-state index >= 15 is 0 Å². The summed E-state index contributed by atoms with van der Waals surface area (Å²) < 4.78 is 74.4. The van der Waals surface area contributed by atoms with Crippen LogP contribution in [-0.2, 0) is 14.3 Å². The van der Waals surface area contributed by atoms with E-state index in [0.29, 0.717) is 18.2 Å². The molecule has 0 aromatic carbocycles. The van der Waals surface area contributed by atoms with Gasteiger partial charge in [-0.3, -0.25) is 9.69 Å². The van der Waals surface area contributed by atoms with Crippen LogP contribution in [-0.4, -0.2) is 120 Å². The number of alkyl halides is 6. The number of carbonyl (C=O) groups is 3. The molecule has 1 aromatic rings. The van der Waals surface area contributed by atoms with Gasteiger partial charge in [0.1, 0.15) is 6.26 Å². The highest BCUT2D eigenvalue weighted by atomic mass is 19.4. The first-order valence-electron chi connectivity index (χ1n) is 11.2. The molecule has 3 aliphatic heterocycles. The van der Waals surface area contributed by atoms with Crippen molar-refractivity contribution in [3.63, 3.8) is 0 Å². The second-order valence-corrected chi connectivity index (χ2v) is 8.39. The fourth-order valence-electron chi connectivity index (χ4n) is 4.05. The van der Waals surface area contributed by atoms with Gasteiger partial charge in [0.15, 0.2) is 0 Å². The zero-order valence-corrected chi connectivity index (χ0v) is 19.5. The third kappa shape index (κ3) is 9.51. The number of aliphatic carboxylic acids is 2. The van der Waals surface area contributed by atoms with Crippen molar-refractivity contribution in [1.82, 2.24) is 14.7 Å². The third-order valence-electron chi connectivity index (χ3n) is 5.86. The molecule has 3 aliphatic rings. The summed E-state index contributed by atoms with van der Waals surface area (Å²) in [4.78, 5) is 37.3. The lowest BCUT2D eigenvalue weighted by Gasteiger charge is -2.37. The molecule has 0 aliphatic carbocycles. The number of carboxylic acids is 2. The van der Waals surface area contributed by atoms with E-state index in [0.717, 1.165) is 32.8 Å². The smallest absolute Gasteiger partial charge is 0.475 e. The van der Waals surface area contributed by atoms with Crippen LogP contribution >= 0.6 is 0 Å². The third-order valence-corrected chi connectivity index (χ3v) is 5.86. The monoisotopic (exact) mass is 547 g/mol. The normalized spacial score (nSPS) is 22.4. The van der Waals surface area contributed by atoms with Gasteiger partial charge in [0, 0.05) is 32.7 Å². The Balaban J connectivity index is 0.000000286. The molecule has 2 N–H and O–H groups in total. The second kappa shape index (κ2) is 13.1. The molecule has 3 saturated heterocycles. The number of fused-ring (bicyclic) bond motifs is 1.